The van der Waals surface area contributed by atoms with Gasteiger partial charge in [0.05, 0.1) is 6.61 Å². The summed E-state index contributed by atoms with van der Waals surface area (Å²) in [6.45, 7) is 4.48. The molecule has 0 bridgehead atoms. The van der Waals surface area contributed by atoms with Gasteiger partial charge in [-0.3, -0.25) is 0 Å². The van der Waals surface area contributed by atoms with E-state index in [4.69, 9.17) is 4.74 Å². The highest BCUT2D eigenvalue weighted by Gasteiger charge is 2.08. The van der Waals surface area contributed by atoms with Gasteiger partial charge in [0.15, 0.2) is 11.6 Å². The van der Waals surface area contributed by atoms with Crippen LogP contribution >= 0.6 is 0 Å². The molecule has 1 heterocycles. The summed E-state index contributed by atoms with van der Waals surface area (Å²) in [5, 5.41) is 3.11. The van der Waals surface area contributed by atoms with Gasteiger partial charge in [0, 0.05) is 26.3 Å². The van der Waals surface area contributed by atoms with Crippen LogP contribution in [0.5, 0.6) is 5.75 Å². The van der Waals surface area contributed by atoms with Crippen LogP contribution in [0.4, 0.5) is 5.82 Å². The standard InChI is InChI=1S/C11H19N3O/c1-4-15-10-6-5-7-13-11(10)14(3)9-8-12-2/h5-7,12H,4,8-9H2,1-3H3. The van der Waals surface area contributed by atoms with Crippen LogP contribution in [0.2, 0.25) is 0 Å². The minimum Gasteiger partial charge on any atom is -0.490 e. The Balaban J connectivity index is 2.72. The number of pyridine rings is 1. The van der Waals surface area contributed by atoms with Crippen molar-refractivity contribution in [1.82, 2.24) is 10.3 Å². The lowest BCUT2D eigenvalue weighted by atomic mass is 10.4. The van der Waals surface area contributed by atoms with E-state index in [2.05, 4.69) is 15.2 Å². The monoisotopic (exact) mass is 209 g/mol. The number of hydrogen-bond acceptors (Lipinski definition) is 4. The van der Waals surface area contributed by atoms with Gasteiger partial charge in [-0.05, 0) is 26.1 Å². The molecule has 4 nitrogen and oxygen atoms in total. The number of nitrogens with zero attached hydrogens (tertiary/aromatic N) is 2. The Labute approximate surface area is 91.3 Å². The molecule has 84 valence electrons. The molecule has 1 rings (SSSR count). The van der Waals surface area contributed by atoms with E-state index in [1.54, 1.807) is 6.20 Å². The molecule has 0 spiro atoms. The van der Waals surface area contributed by atoms with E-state index in [1.807, 2.05) is 33.2 Å². The van der Waals surface area contributed by atoms with Crippen LogP contribution in [0, 0.1) is 0 Å². The molecule has 1 N–H and O–H groups in total. The highest BCUT2D eigenvalue weighted by Crippen LogP contribution is 2.23. The van der Waals surface area contributed by atoms with Crippen LogP contribution in [0.15, 0.2) is 18.3 Å². The van der Waals surface area contributed by atoms with Gasteiger partial charge in [0.2, 0.25) is 0 Å². The Morgan fingerprint density at radius 2 is 2.33 bits per heavy atom. The number of aromatic nitrogens is 1. The van der Waals surface area contributed by atoms with Gasteiger partial charge < -0.3 is 15.0 Å². The first-order valence-corrected chi connectivity index (χ1v) is 5.23. The molecule has 15 heavy (non-hydrogen) atoms. The van der Waals surface area contributed by atoms with Gasteiger partial charge >= 0.3 is 0 Å². The van der Waals surface area contributed by atoms with E-state index in [0.717, 1.165) is 24.7 Å². The molecule has 0 unspecified atom stereocenters. The topological polar surface area (TPSA) is 37.4 Å². The molecule has 0 amide bonds. The quantitative estimate of drug-likeness (QED) is 0.762. The van der Waals surface area contributed by atoms with Crippen LogP contribution in [0.1, 0.15) is 6.92 Å². The van der Waals surface area contributed by atoms with Gasteiger partial charge in [-0.15, -0.1) is 0 Å². The first-order chi connectivity index (χ1) is 7.29. The molecule has 1 aromatic rings. The SMILES string of the molecule is CCOc1cccnc1N(C)CCNC. The second kappa shape index (κ2) is 6.24. The van der Waals surface area contributed by atoms with Crippen molar-refractivity contribution < 1.29 is 4.74 Å². The predicted molar refractivity (Wildman–Crippen MR) is 62.6 cm³/mol. The lowest BCUT2D eigenvalue weighted by molar-refractivity contribution is 0.339. The van der Waals surface area contributed by atoms with Crippen molar-refractivity contribution in [2.45, 2.75) is 6.92 Å². The zero-order valence-corrected chi connectivity index (χ0v) is 9.66. The number of hydrogen-bond donors (Lipinski definition) is 1. The average molecular weight is 209 g/mol. The molecule has 0 fully saturated rings. The fourth-order valence-electron chi connectivity index (χ4n) is 1.32. The summed E-state index contributed by atoms with van der Waals surface area (Å²) in [7, 11) is 3.96. The zero-order valence-electron chi connectivity index (χ0n) is 9.66. The summed E-state index contributed by atoms with van der Waals surface area (Å²) in [6.07, 6.45) is 1.79. The molecule has 1 aromatic heterocycles. The van der Waals surface area contributed by atoms with E-state index in [1.165, 1.54) is 0 Å². The number of ether oxygens (including phenoxy) is 1. The zero-order chi connectivity index (χ0) is 11.1. The van der Waals surface area contributed by atoms with Gasteiger partial charge in [0.1, 0.15) is 0 Å². The molecule has 0 aliphatic heterocycles. The van der Waals surface area contributed by atoms with Crippen molar-refractivity contribution in [3.05, 3.63) is 18.3 Å². The Hall–Kier alpha value is -1.29. The third-order valence-electron chi connectivity index (χ3n) is 2.11. The number of anilines is 1. The average Bonchev–Trinajstić information content (AvgIpc) is 2.27. The van der Waals surface area contributed by atoms with Crippen molar-refractivity contribution in [2.24, 2.45) is 0 Å². The maximum atomic E-state index is 5.51. The molecule has 0 saturated heterocycles. The molecule has 0 saturated carbocycles. The van der Waals surface area contributed by atoms with E-state index in [-0.39, 0.29) is 0 Å². The highest BCUT2D eigenvalue weighted by molar-refractivity contribution is 5.51. The summed E-state index contributed by atoms with van der Waals surface area (Å²) in [6, 6.07) is 3.84. The number of nitrogens with one attached hydrogen (secondary N) is 1. The maximum Gasteiger partial charge on any atom is 0.171 e. The molecular weight excluding hydrogens is 190 g/mol. The first-order valence-electron chi connectivity index (χ1n) is 5.23. The maximum absolute atomic E-state index is 5.51. The van der Waals surface area contributed by atoms with E-state index in [0.29, 0.717) is 6.61 Å². The van der Waals surface area contributed by atoms with E-state index < -0.39 is 0 Å². The second-order valence-corrected chi connectivity index (χ2v) is 3.28. The Kier molecular flexibility index (Phi) is 4.90. The summed E-state index contributed by atoms with van der Waals surface area (Å²) < 4.78 is 5.51. The van der Waals surface area contributed by atoms with Gasteiger partial charge in [-0.2, -0.15) is 0 Å². The highest BCUT2D eigenvalue weighted by atomic mass is 16.5. The lowest BCUT2D eigenvalue weighted by Crippen LogP contribution is -2.28. The number of rotatable bonds is 6. The third-order valence-corrected chi connectivity index (χ3v) is 2.11. The van der Waals surface area contributed by atoms with E-state index >= 15 is 0 Å². The predicted octanol–water partition coefficient (Wildman–Crippen LogP) is 1.14. The van der Waals surface area contributed by atoms with Gasteiger partial charge in [-0.25, -0.2) is 4.98 Å². The van der Waals surface area contributed by atoms with Crippen molar-refractivity contribution in [3.63, 3.8) is 0 Å². The van der Waals surface area contributed by atoms with Gasteiger partial charge in [0.25, 0.3) is 0 Å². The Bertz CT molecular complexity index is 291. The molecule has 0 aliphatic carbocycles. The molecule has 0 atom stereocenters. The third kappa shape index (κ3) is 3.40. The van der Waals surface area contributed by atoms with Crippen molar-refractivity contribution in [2.75, 3.05) is 38.7 Å². The Morgan fingerprint density at radius 3 is 3.00 bits per heavy atom. The van der Waals surface area contributed by atoms with Crippen molar-refractivity contribution in [3.8, 4) is 5.75 Å². The second-order valence-electron chi connectivity index (χ2n) is 3.28. The van der Waals surface area contributed by atoms with Crippen molar-refractivity contribution >= 4 is 5.82 Å². The van der Waals surface area contributed by atoms with E-state index in [9.17, 15) is 0 Å². The van der Waals surface area contributed by atoms with Crippen LogP contribution < -0.4 is 15.0 Å². The minimum absolute atomic E-state index is 0.665. The fourth-order valence-corrected chi connectivity index (χ4v) is 1.32. The molecular formula is C11H19N3O. The summed E-state index contributed by atoms with van der Waals surface area (Å²) in [4.78, 5) is 6.41. The lowest BCUT2D eigenvalue weighted by Gasteiger charge is -2.20. The minimum atomic E-state index is 0.665. The molecule has 4 heteroatoms. The van der Waals surface area contributed by atoms with Crippen LogP contribution in [-0.4, -0.2) is 38.8 Å². The fraction of sp³-hybridized carbons (Fsp3) is 0.545. The van der Waals surface area contributed by atoms with Crippen molar-refractivity contribution in [1.29, 1.82) is 0 Å². The summed E-state index contributed by atoms with van der Waals surface area (Å²) in [5.41, 5.74) is 0. The molecule has 0 radical (unpaired) electrons. The Morgan fingerprint density at radius 1 is 1.53 bits per heavy atom. The van der Waals surface area contributed by atoms with Crippen LogP contribution in [0.25, 0.3) is 0 Å². The normalized spacial score (nSPS) is 10.1. The summed E-state index contributed by atoms with van der Waals surface area (Å²) in [5.74, 6) is 1.74. The van der Waals surface area contributed by atoms with Gasteiger partial charge in [-0.1, -0.05) is 0 Å². The molecule has 0 aliphatic rings. The van der Waals surface area contributed by atoms with Crippen LogP contribution in [-0.2, 0) is 0 Å². The summed E-state index contributed by atoms with van der Waals surface area (Å²) >= 11 is 0. The largest absolute Gasteiger partial charge is 0.490 e. The smallest absolute Gasteiger partial charge is 0.171 e. The molecule has 0 aromatic carbocycles. The first kappa shape index (κ1) is 11.8. The number of likely N-dealkylation sites (N-methyl/N-ethyl adjacent to an activating group) is 2. The van der Waals surface area contributed by atoms with Crippen LogP contribution in [0.3, 0.4) is 0 Å².